The molecule has 0 radical (unpaired) electrons. The number of nitrogens with one attached hydrogen (secondary N) is 1. The van der Waals surface area contributed by atoms with Crippen LogP contribution in [0, 0.1) is 0 Å². The maximum atomic E-state index is 5.88. The molecule has 1 atom stereocenters. The molecule has 3 nitrogen and oxygen atoms in total. The highest BCUT2D eigenvalue weighted by molar-refractivity contribution is 5.34. The van der Waals surface area contributed by atoms with E-state index in [1.54, 1.807) is 0 Å². The number of hydrogen-bond acceptors (Lipinski definition) is 3. The molecule has 0 heterocycles. The van der Waals surface area contributed by atoms with E-state index >= 15 is 0 Å². The first-order valence-electron chi connectivity index (χ1n) is 7.20. The quantitative estimate of drug-likeness (QED) is 0.632. The summed E-state index contributed by atoms with van der Waals surface area (Å²) in [7, 11) is 0. The van der Waals surface area contributed by atoms with Gasteiger partial charge < -0.3 is 4.74 Å². The van der Waals surface area contributed by atoms with Crippen LogP contribution in [0.25, 0.3) is 0 Å². The van der Waals surface area contributed by atoms with E-state index in [0.717, 1.165) is 0 Å². The van der Waals surface area contributed by atoms with Gasteiger partial charge in [-0.15, -0.1) is 0 Å². The molecule has 0 spiro atoms. The van der Waals surface area contributed by atoms with Crippen LogP contribution in [0.2, 0.25) is 0 Å². The van der Waals surface area contributed by atoms with Gasteiger partial charge in [0.1, 0.15) is 0 Å². The minimum atomic E-state index is -0.138. The van der Waals surface area contributed by atoms with Gasteiger partial charge in [0.25, 0.3) is 0 Å². The van der Waals surface area contributed by atoms with Gasteiger partial charge in [-0.3, -0.25) is 11.3 Å². The van der Waals surface area contributed by atoms with E-state index in [2.05, 4.69) is 50.5 Å². The second kappa shape index (κ2) is 6.04. The van der Waals surface area contributed by atoms with Crippen LogP contribution in [0.4, 0.5) is 0 Å². The minimum absolute atomic E-state index is 0.0658. The Labute approximate surface area is 116 Å². The molecule has 106 valence electrons. The van der Waals surface area contributed by atoms with Crippen molar-refractivity contribution in [1.82, 2.24) is 5.43 Å². The van der Waals surface area contributed by atoms with Crippen LogP contribution in [0.5, 0.6) is 0 Å². The molecule has 1 aliphatic rings. The predicted octanol–water partition coefficient (Wildman–Crippen LogP) is 3.27. The molecular formula is C16H26N2O. The second-order valence-corrected chi connectivity index (χ2v) is 6.40. The average molecular weight is 262 g/mol. The van der Waals surface area contributed by atoms with Crippen molar-refractivity contribution in [2.24, 2.45) is 5.84 Å². The first-order chi connectivity index (χ1) is 9.01. The molecule has 1 saturated carbocycles. The number of nitrogens with two attached hydrogens (primary N) is 1. The Kier molecular flexibility index (Phi) is 4.61. The van der Waals surface area contributed by atoms with Crippen molar-refractivity contribution >= 4 is 0 Å². The van der Waals surface area contributed by atoms with Gasteiger partial charge in [-0.1, -0.05) is 30.7 Å². The molecule has 19 heavy (non-hydrogen) atoms. The van der Waals surface area contributed by atoms with Crippen LogP contribution >= 0.6 is 0 Å². The number of benzene rings is 1. The number of rotatable bonds is 5. The lowest BCUT2D eigenvalue weighted by atomic mass is 9.77. The standard InChI is InChI=1S/C16H26N2O/c1-16(2,3)19-11-15(18-17)14-10-5-4-9-13(14)12-7-6-8-12/h4-5,9-10,12,15,18H,6-8,11,17H2,1-3H3. The van der Waals surface area contributed by atoms with E-state index in [1.165, 1.54) is 30.4 Å². The highest BCUT2D eigenvalue weighted by Gasteiger charge is 2.25. The summed E-state index contributed by atoms with van der Waals surface area (Å²) in [6, 6.07) is 8.68. The second-order valence-electron chi connectivity index (χ2n) is 6.40. The van der Waals surface area contributed by atoms with E-state index in [9.17, 15) is 0 Å². The Morgan fingerprint density at radius 3 is 2.53 bits per heavy atom. The lowest BCUT2D eigenvalue weighted by Crippen LogP contribution is -2.35. The number of ether oxygens (including phenoxy) is 1. The zero-order valence-corrected chi connectivity index (χ0v) is 12.3. The van der Waals surface area contributed by atoms with Crippen LogP contribution in [0.1, 0.15) is 63.1 Å². The van der Waals surface area contributed by atoms with Gasteiger partial charge in [-0.05, 0) is 50.7 Å². The Bertz CT molecular complexity index is 407. The fourth-order valence-electron chi connectivity index (χ4n) is 2.48. The predicted molar refractivity (Wildman–Crippen MR) is 78.8 cm³/mol. The molecule has 1 unspecified atom stereocenters. The number of hydrogen-bond donors (Lipinski definition) is 2. The summed E-state index contributed by atoms with van der Waals surface area (Å²) >= 11 is 0. The highest BCUT2D eigenvalue weighted by atomic mass is 16.5. The smallest absolute Gasteiger partial charge is 0.0696 e. The van der Waals surface area contributed by atoms with Crippen molar-refractivity contribution < 1.29 is 4.74 Å². The first kappa shape index (κ1) is 14.5. The van der Waals surface area contributed by atoms with Crippen LogP contribution < -0.4 is 11.3 Å². The summed E-state index contributed by atoms with van der Waals surface area (Å²) in [6.07, 6.45) is 3.95. The van der Waals surface area contributed by atoms with E-state index in [1.807, 2.05) is 0 Å². The Hall–Kier alpha value is -0.900. The van der Waals surface area contributed by atoms with E-state index < -0.39 is 0 Å². The van der Waals surface area contributed by atoms with E-state index in [-0.39, 0.29) is 11.6 Å². The van der Waals surface area contributed by atoms with Crippen molar-refractivity contribution in [3.63, 3.8) is 0 Å². The van der Waals surface area contributed by atoms with Crippen molar-refractivity contribution in [3.8, 4) is 0 Å². The molecule has 0 aromatic heterocycles. The zero-order chi connectivity index (χ0) is 13.9. The van der Waals surface area contributed by atoms with E-state index in [4.69, 9.17) is 10.6 Å². The number of hydrazine groups is 1. The largest absolute Gasteiger partial charge is 0.374 e. The monoisotopic (exact) mass is 262 g/mol. The lowest BCUT2D eigenvalue weighted by Gasteiger charge is -2.31. The summed E-state index contributed by atoms with van der Waals surface area (Å²) < 4.78 is 5.88. The van der Waals surface area contributed by atoms with Crippen molar-refractivity contribution in [1.29, 1.82) is 0 Å². The molecule has 0 bridgehead atoms. The average Bonchev–Trinajstić information content (AvgIpc) is 2.28. The molecule has 1 aromatic carbocycles. The topological polar surface area (TPSA) is 47.3 Å². The van der Waals surface area contributed by atoms with E-state index in [0.29, 0.717) is 12.5 Å². The molecule has 3 heteroatoms. The maximum Gasteiger partial charge on any atom is 0.0696 e. The third kappa shape index (κ3) is 3.78. The summed E-state index contributed by atoms with van der Waals surface area (Å²) in [5.74, 6) is 6.44. The zero-order valence-electron chi connectivity index (χ0n) is 12.3. The summed E-state index contributed by atoms with van der Waals surface area (Å²) in [6.45, 7) is 6.80. The molecular weight excluding hydrogens is 236 g/mol. The van der Waals surface area contributed by atoms with Crippen LogP contribution in [-0.4, -0.2) is 12.2 Å². The highest BCUT2D eigenvalue weighted by Crippen LogP contribution is 2.39. The molecule has 0 amide bonds. The minimum Gasteiger partial charge on any atom is -0.374 e. The van der Waals surface area contributed by atoms with Crippen molar-refractivity contribution in [2.45, 2.75) is 57.6 Å². The van der Waals surface area contributed by atoms with Crippen molar-refractivity contribution in [2.75, 3.05) is 6.61 Å². The van der Waals surface area contributed by atoms with Gasteiger partial charge in [0, 0.05) is 0 Å². The SMILES string of the molecule is CC(C)(C)OCC(NN)c1ccccc1C1CCC1. The summed E-state index contributed by atoms with van der Waals surface area (Å²) in [4.78, 5) is 0. The normalized spacial score (nSPS) is 18.1. The molecule has 0 saturated heterocycles. The maximum absolute atomic E-state index is 5.88. The molecule has 2 rings (SSSR count). The fraction of sp³-hybridized carbons (Fsp3) is 0.625. The van der Waals surface area contributed by atoms with Crippen LogP contribution in [0.15, 0.2) is 24.3 Å². The van der Waals surface area contributed by atoms with Crippen LogP contribution in [0.3, 0.4) is 0 Å². The first-order valence-corrected chi connectivity index (χ1v) is 7.20. The van der Waals surface area contributed by atoms with Gasteiger partial charge in [0.2, 0.25) is 0 Å². The Morgan fingerprint density at radius 1 is 1.32 bits per heavy atom. The fourth-order valence-corrected chi connectivity index (χ4v) is 2.48. The molecule has 0 aliphatic heterocycles. The van der Waals surface area contributed by atoms with Gasteiger partial charge in [0.15, 0.2) is 0 Å². The third-order valence-corrected chi connectivity index (χ3v) is 3.80. The molecule has 1 aromatic rings. The Balaban J connectivity index is 2.13. The summed E-state index contributed by atoms with van der Waals surface area (Å²) in [5.41, 5.74) is 5.50. The van der Waals surface area contributed by atoms with Crippen LogP contribution in [-0.2, 0) is 4.74 Å². The van der Waals surface area contributed by atoms with Gasteiger partial charge in [0.05, 0.1) is 18.2 Å². The van der Waals surface area contributed by atoms with Gasteiger partial charge in [-0.25, -0.2) is 0 Å². The lowest BCUT2D eigenvalue weighted by molar-refractivity contribution is -0.0149. The van der Waals surface area contributed by atoms with Crippen molar-refractivity contribution in [3.05, 3.63) is 35.4 Å². The van der Waals surface area contributed by atoms with Gasteiger partial charge >= 0.3 is 0 Å². The Morgan fingerprint density at radius 2 is 2.00 bits per heavy atom. The van der Waals surface area contributed by atoms with Gasteiger partial charge in [-0.2, -0.15) is 0 Å². The molecule has 3 N–H and O–H groups in total. The molecule has 1 aliphatic carbocycles. The molecule has 1 fully saturated rings. The third-order valence-electron chi connectivity index (χ3n) is 3.80. The summed E-state index contributed by atoms with van der Waals surface area (Å²) in [5, 5.41) is 0.